The van der Waals surface area contributed by atoms with E-state index in [9.17, 15) is 0 Å². The molecule has 3 nitrogen and oxygen atoms in total. The van der Waals surface area contributed by atoms with Crippen molar-refractivity contribution in [3.8, 4) is 5.75 Å². The van der Waals surface area contributed by atoms with Gasteiger partial charge in [-0.25, -0.2) is 5.48 Å². The lowest BCUT2D eigenvalue weighted by Crippen LogP contribution is -2.16. The maximum Gasteiger partial charge on any atom is 0.119 e. The highest BCUT2D eigenvalue weighted by Crippen LogP contribution is 2.06. The van der Waals surface area contributed by atoms with Crippen LogP contribution in [0.25, 0.3) is 0 Å². The first kappa shape index (κ1) is 8.04. The van der Waals surface area contributed by atoms with Crippen LogP contribution < -0.4 is 10.2 Å². The summed E-state index contributed by atoms with van der Waals surface area (Å²) in [6.45, 7) is 0.912. The van der Waals surface area contributed by atoms with Crippen LogP contribution in [0, 0.1) is 0 Å². The van der Waals surface area contributed by atoms with Gasteiger partial charge >= 0.3 is 0 Å². The van der Waals surface area contributed by atoms with Gasteiger partial charge in [-0.2, -0.15) is 0 Å². The second-order valence-electron chi connectivity index (χ2n) is 2.07. The van der Waals surface area contributed by atoms with Gasteiger partial charge in [0.2, 0.25) is 0 Å². The van der Waals surface area contributed by atoms with Crippen molar-refractivity contribution in [1.82, 2.24) is 5.48 Å². The molecule has 1 aromatic carbocycles. The Balaban J connectivity index is 2.28. The van der Waals surface area contributed by atoms with Crippen molar-refractivity contribution in [3.63, 3.8) is 0 Å². The standard InChI is InChI=1S/C8H11NO2/c10-9-6-7-11-8-4-2-1-3-5-8/h1-5,9-10H,6-7H2. The van der Waals surface area contributed by atoms with Gasteiger partial charge in [-0.05, 0) is 12.1 Å². The van der Waals surface area contributed by atoms with Crippen LogP contribution >= 0.6 is 0 Å². The molecule has 1 aromatic rings. The second kappa shape index (κ2) is 4.71. The normalized spacial score (nSPS) is 9.55. The molecule has 0 fully saturated rings. The number of benzene rings is 1. The van der Waals surface area contributed by atoms with E-state index in [-0.39, 0.29) is 0 Å². The van der Waals surface area contributed by atoms with Crippen LogP contribution in [-0.4, -0.2) is 18.4 Å². The molecule has 0 amide bonds. The molecule has 0 atom stereocenters. The third kappa shape index (κ3) is 3.02. The molecule has 0 radical (unpaired) electrons. The quantitative estimate of drug-likeness (QED) is 0.501. The van der Waals surface area contributed by atoms with Crippen LogP contribution in [0.4, 0.5) is 0 Å². The molecule has 0 aliphatic rings. The highest BCUT2D eigenvalue weighted by molar-refractivity contribution is 5.20. The molecule has 60 valence electrons. The largest absolute Gasteiger partial charge is 0.492 e. The summed E-state index contributed by atoms with van der Waals surface area (Å²) < 4.78 is 5.22. The average Bonchev–Trinajstić information content (AvgIpc) is 2.07. The second-order valence-corrected chi connectivity index (χ2v) is 2.07. The van der Waals surface area contributed by atoms with Crippen molar-refractivity contribution < 1.29 is 9.94 Å². The predicted octanol–water partition coefficient (Wildman–Crippen LogP) is 1.04. The maximum absolute atomic E-state index is 8.21. The van der Waals surface area contributed by atoms with Crippen molar-refractivity contribution >= 4 is 0 Å². The topological polar surface area (TPSA) is 41.5 Å². The van der Waals surface area contributed by atoms with E-state index in [0.717, 1.165) is 5.75 Å². The van der Waals surface area contributed by atoms with Crippen LogP contribution in [0.15, 0.2) is 30.3 Å². The molecule has 0 saturated carbocycles. The fourth-order valence-corrected chi connectivity index (χ4v) is 0.731. The van der Waals surface area contributed by atoms with Gasteiger partial charge in [0.05, 0.1) is 6.54 Å². The van der Waals surface area contributed by atoms with Gasteiger partial charge in [-0.3, -0.25) is 0 Å². The zero-order valence-corrected chi connectivity index (χ0v) is 6.16. The van der Waals surface area contributed by atoms with E-state index in [4.69, 9.17) is 9.94 Å². The van der Waals surface area contributed by atoms with Gasteiger partial charge in [-0.15, -0.1) is 0 Å². The first-order chi connectivity index (χ1) is 5.43. The van der Waals surface area contributed by atoms with E-state index >= 15 is 0 Å². The highest BCUT2D eigenvalue weighted by atomic mass is 16.5. The van der Waals surface area contributed by atoms with Gasteiger partial charge < -0.3 is 9.94 Å². The molecular formula is C8H11NO2. The Morgan fingerprint density at radius 1 is 1.27 bits per heavy atom. The van der Waals surface area contributed by atoms with E-state index in [1.54, 1.807) is 0 Å². The van der Waals surface area contributed by atoms with E-state index in [1.807, 2.05) is 35.8 Å². The van der Waals surface area contributed by atoms with Crippen molar-refractivity contribution in [2.24, 2.45) is 0 Å². The minimum absolute atomic E-state index is 0.439. The Labute approximate surface area is 65.6 Å². The fourth-order valence-electron chi connectivity index (χ4n) is 0.731. The number of hydroxylamine groups is 1. The van der Waals surface area contributed by atoms with Crippen molar-refractivity contribution in [1.29, 1.82) is 0 Å². The lowest BCUT2D eigenvalue weighted by molar-refractivity contribution is 0.145. The third-order valence-electron chi connectivity index (χ3n) is 1.23. The number of para-hydroxylation sites is 1. The zero-order valence-electron chi connectivity index (χ0n) is 6.16. The Morgan fingerprint density at radius 3 is 2.64 bits per heavy atom. The molecular weight excluding hydrogens is 142 g/mol. The molecule has 2 N–H and O–H groups in total. The molecule has 11 heavy (non-hydrogen) atoms. The summed E-state index contributed by atoms with van der Waals surface area (Å²) in [4.78, 5) is 0. The van der Waals surface area contributed by atoms with Gasteiger partial charge in [0, 0.05) is 0 Å². The summed E-state index contributed by atoms with van der Waals surface area (Å²) in [7, 11) is 0. The van der Waals surface area contributed by atoms with E-state index in [1.165, 1.54) is 0 Å². The Morgan fingerprint density at radius 2 is 2.00 bits per heavy atom. The number of nitrogens with one attached hydrogen (secondary N) is 1. The lowest BCUT2D eigenvalue weighted by atomic mass is 10.3. The van der Waals surface area contributed by atoms with Gasteiger partial charge in [0.1, 0.15) is 12.4 Å². The molecule has 0 saturated heterocycles. The third-order valence-corrected chi connectivity index (χ3v) is 1.23. The van der Waals surface area contributed by atoms with Crippen molar-refractivity contribution in [3.05, 3.63) is 30.3 Å². The van der Waals surface area contributed by atoms with E-state index in [0.29, 0.717) is 13.2 Å². The van der Waals surface area contributed by atoms with E-state index in [2.05, 4.69) is 0 Å². The summed E-state index contributed by atoms with van der Waals surface area (Å²) in [5.74, 6) is 0.822. The maximum atomic E-state index is 8.21. The number of hydrogen-bond donors (Lipinski definition) is 2. The highest BCUT2D eigenvalue weighted by Gasteiger charge is 1.88. The SMILES string of the molecule is ONCCOc1ccccc1. The number of hydrogen-bond acceptors (Lipinski definition) is 3. The first-order valence-corrected chi connectivity index (χ1v) is 3.48. The molecule has 0 aliphatic heterocycles. The minimum Gasteiger partial charge on any atom is -0.492 e. The van der Waals surface area contributed by atoms with Gasteiger partial charge in [-0.1, -0.05) is 18.2 Å². The summed E-state index contributed by atoms with van der Waals surface area (Å²) >= 11 is 0. The Bertz CT molecular complexity index is 189. The van der Waals surface area contributed by atoms with Gasteiger partial charge in [0.25, 0.3) is 0 Å². The molecule has 0 heterocycles. The van der Waals surface area contributed by atoms with Crippen LogP contribution in [-0.2, 0) is 0 Å². The minimum atomic E-state index is 0.439. The number of rotatable bonds is 4. The summed E-state index contributed by atoms with van der Waals surface area (Å²) in [6, 6.07) is 9.48. The predicted molar refractivity (Wildman–Crippen MR) is 41.7 cm³/mol. The summed E-state index contributed by atoms with van der Waals surface area (Å²) in [5, 5.41) is 8.21. The number of ether oxygens (including phenoxy) is 1. The fraction of sp³-hybridized carbons (Fsp3) is 0.250. The first-order valence-electron chi connectivity index (χ1n) is 3.48. The molecule has 0 bridgehead atoms. The van der Waals surface area contributed by atoms with Crippen LogP contribution in [0.2, 0.25) is 0 Å². The van der Waals surface area contributed by atoms with Gasteiger partial charge in [0.15, 0.2) is 0 Å². The Hall–Kier alpha value is -1.06. The van der Waals surface area contributed by atoms with Crippen LogP contribution in [0.5, 0.6) is 5.75 Å². The molecule has 0 aliphatic carbocycles. The monoisotopic (exact) mass is 153 g/mol. The van der Waals surface area contributed by atoms with Crippen LogP contribution in [0.3, 0.4) is 0 Å². The van der Waals surface area contributed by atoms with Crippen LogP contribution in [0.1, 0.15) is 0 Å². The molecule has 0 unspecified atom stereocenters. The average molecular weight is 153 g/mol. The molecule has 0 aromatic heterocycles. The lowest BCUT2D eigenvalue weighted by Gasteiger charge is -2.03. The molecule has 3 heteroatoms. The van der Waals surface area contributed by atoms with Crippen molar-refractivity contribution in [2.75, 3.05) is 13.2 Å². The van der Waals surface area contributed by atoms with Crippen molar-refractivity contribution in [2.45, 2.75) is 0 Å². The Kier molecular flexibility index (Phi) is 3.44. The summed E-state index contributed by atoms with van der Waals surface area (Å²) in [5.41, 5.74) is 2.01. The smallest absolute Gasteiger partial charge is 0.119 e. The zero-order chi connectivity index (χ0) is 7.94. The van der Waals surface area contributed by atoms with E-state index < -0.39 is 0 Å². The summed E-state index contributed by atoms with van der Waals surface area (Å²) in [6.07, 6.45) is 0. The molecule has 1 rings (SSSR count). The molecule has 0 spiro atoms.